The number of carbonyl (C=O) groups excluding carboxylic acids is 1. The lowest BCUT2D eigenvalue weighted by molar-refractivity contribution is -0.870. The molecule has 8 nitrogen and oxygen atoms in total. The van der Waals surface area contributed by atoms with Gasteiger partial charge in [0.15, 0.2) is 0 Å². The Morgan fingerprint density at radius 1 is 0.493 bits per heavy atom. The van der Waals surface area contributed by atoms with Crippen molar-refractivity contribution in [3.63, 3.8) is 0 Å². The van der Waals surface area contributed by atoms with Crippen LogP contribution in [0.1, 0.15) is 290 Å². The molecule has 69 heavy (non-hydrogen) atoms. The summed E-state index contributed by atoms with van der Waals surface area (Å²) in [6, 6.07) is -0.907. The Balaban J connectivity index is 3.96. The van der Waals surface area contributed by atoms with E-state index in [1.165, 1.54) is 218 Å². The first-order valence-corrected chi connectivity index (χ1v) is 31.3. The number of amides is 1. The topological polar surface area (TPSA) is 108 Å². The number of hydrogen-bond donors (Lipinski definition) is 2. The SMILES string of the molecule is CCCCC/C=C/CC/C=C/CC/C=C/C(O)C(COP(=O)([O-])OCC[N+](C)(C)C)NC(=O)CCCCCCCCCCCCCCCCCCCCCCCCCCCCCCCCCCCC. The fourth-order valence-electron chi connectivity index (χ4n) is 8.89. The Hall–Kier alpha value is -1.28. The number of phosphoric ester groups is 1. The van der Waals surface area contributed by atoms with Crippen LogP contribution in [0.2, 0.25) is 0 Å². The van der Waals surface area contributed by atoms with Crippen LogP contribution in [-0.4, -0.2) is 68.5 Å². The van der Waals surface area contributed by atoms with Gasteiger partial charge in [-0.05, 0) is 44.9 Å². The van der Waals surface area contributed by atoms with Crippen molar-refractivity contribution in [1.29, 1.82) is 0 Å². The predicted octanol–water partition coefficient (Wildman–Crippen LogP) is 17.5. The van der Waals surface area contributed by atoms with E-state index >= 15 is 0 Å². The van der Waals surface area contributed by atoms with Crippen LogP contribution >= 0.6 is 7.82 Å². The second kappa shape index (κ2) is 51.6. The molecule has 3 atom stereocenters. The highest BCUT2D eigenvalue weighted by molar-refractivity contribution is 7.45. The number of nitrogens with zero attached hydrogens (tertiary/aromatic N) is 1. The highest BCUT2D eigenvalue weighted by atomic mass is 31.2. The fraction of sp³-hybridized carbons (Fsp3) is 0.883. The zero-order chi connectivity index (χ0) is 50.6. The maximum atomic E-state index is 12.9. The first kappa shape index (κ1) is 67.7. The van der Waals surface area contributed by atoms with Crippen molar-refractivity contribution < 1.29 is 32.9 Å². The van der Waals surface area contributed by atoms with Crippen molar-refractivity contribution in [2.24, 2.45) is 0 Å². The van der Waals surface area contributed by atoms with Gasteiger partial charge in [-0.15, -0.1) is 0 Å². The first-order valence-electron chi connectivity index (χ1n) is 29.9. The number of hydrogen-bond acceptors (Lipinski definition) is 6. The van der Waals surface area contributed by atoms with Crippen LogP contribution in [0.5, 0.6) is 0 Å². The van der Waals surface area contributed by atoms with E-state index in [0.717, 1.165) is 51.4 Å². The molecule has 0 aliphatic carbocycles. The molecule has 0 aliphatic rings. The molecule has 9 heteroatoms. The Labute approximate surface area is 429 Å². The maximum Gasteiger partial charge on any atom is 0.268 e. The minimum atomic E-state index is -4.60. The van der Waals surface area contributed by atoms with E-state index in [1.807, 2.05) is 27.2 Å². The molecule has 0 aliphatic heterocycles. The third-order valence-corrected chi connectivity index (χ3v) is 14.5. The monoisotopic (exact) mass is 993 g/mol. The Morgan fingerprint density at radius 2 is 0.812 bits per heavy atom. The quantitative estimate of drug-likeness (QED) is 0.0272. The van der Waals surface area contributed by atoms with Gasteiger partial charge in [0.2, 0.25) is 5.91 Å². The van der Waals surface area contributed by atoms with E-state index in [0.29, 0.717) is 17.4 Å². The number of quaternary nitrogens is 1. The molecule has 0 aromatic carbocycles. The molecule has 3 unspecified atom stereocenters. The number of rotatable bonds is 55. The third kappa shape index (κ3) is 54.3. The molecular weight excluding hydrogens is 876 g/mol. The zero-order valence-corrected chi connectivity index (χ0v) is 47.4. The molecule has 0 spiro atoms. The van der Waals surface area contributed by atoms with Crippen molar-refractivity contribution in [3.05, 3.63) is 36.5 Å². The highest BCUT2D eigenvalue weighted by Crippen LogP contribution is 2.38. The van der Waals surface area contributed by atoms with Gasteiger partial charge in [-0.1, -0.05) is 275 Å². The summed E-state index contributed by atoms with van der Waals surface area (Å²) in [6.07, 6.45) is 66.9. The largest absolute Gasteiger partial charge is 0.756 e. The molecule has 0 aromatic rings. The van der Waals surface area contributed by atoms with Gasteiger partial charge in [0.1, 0.15) is 13.2 Å². The van der Waals surface area contributed by atoms with Crippen LogP contribution in [-0.2, 0) is 18.4 Å². The predicted molar refractivity (Wildman–Crippen MR) is 298 cm³/mol. The van der Waals surface area contributed by atoms with Gasteiger partial charge >= 0.3 is 0 Å². The van der Waals surface area contributed by atoms with E-state index < -0.39 is 26.6 Å². The van der Waals surface area contributed by atoms with E-state index in [2.05, 4.69) is 43.5 Å². The molecule has 0 saturated carbocycles. The van der Waals surface area contributed by atoms with Crippen LogP contribution in [0.4, 0.5) is 0 Å². The molecule has 0 fully saturated rings. The number of nitrogens with one attached hydrogen (secondary N) is 1. The molecule has 1 amide bonds. The van der Waals surface area contributed by atoms with E-state index in [1.54, 1.807) is 6.08 Å². The molecular formula is C60H117N2O6P. The van der Waals surface area contributed by atoms with Crippen molar-refractivity contribution >= 4 is 13.7 Å². The molecule has 408 valence electrons. The zero-order valence-electron chi connectivity index (χ0n) is 46.5. The summed E-state index contributed by atoms with van der Waals surface area (Å²) in [6.45, 7) is 4.61. The number of likely N-dealkylation sites (N-methyl/N-ethyl adjacent to an activating group) is 1. The highest BCUT2D eigenvalue weighted by Gasteiger charge is 2.23. The lowest BCUT2D eigenvalue weighted by atomic mass is 10.0. The summed E-state index contributed by atoms with van der Waals surface area (Å²) < 4.78 is 23.3. The second-order valence-corrected chi connectivity index (χ2v) is 23.1. The smallest absolute Gasteiger partial charge is 0.268 e. The lowest BCUT2D eigenvalue weighted by Gasteiger charge is -2.29. The molecule has 0 aromatic heterocycles. The van der Waals surface area contributed by atoms with E-state index in [-0.39, 0.29) is 12.5 Å². The van der Waals surface area contributed by atoms with Crippen LogP contribution < -0.4 is 10.2 Å². The summed E-state index contributed by atoms with van der Waals surface area (Å²) in [5.74, 6) is -0.207. The summed E-state index contributed by atoms with van der Waals surface area (Å²) >= 11 is 0. The van der Waals surface area contributed by atoms with E-state index in [4.69, 9.17) is 9.05 Å². The van der Waals surface area contributed by atoms with Crippen molar-refractivity contribution in [2.45, 2.75) is 302 Å². The fourth-order valence-corrected chi connectivity index (χ4v) is 9.62. The molecule has 0 saturated heterocycles. The van der Waals surface area contributed by atoms with Gasteiger partial charge in [0.25, 0.3) is 7.82 Å². The number of unbranched alkanes of at least 4 members (excludes halogenated alkanes) is 38. The van der Waals surface area contributed by atoms with Crippen molar-refractivity contribution in [1.82, 2.24) is 5.32 Å². The van der Waals surface area contributed by atoms with E-state index in [9.17, 15) is 19.4 Å². The van der Waals surface area contributed by atoms with Crippen LogP contribution in [0.25, 0.3) is 0 Å². The first-order chi connectivity index (χ1) is 33.5. The number of aliphatic hydroxyl groups excluding tert-OH is 1. The molecule has 0 radical (unpaired) electrons. The minimum Gasteiger partial charge on any atom is -0.756 e. The molecule has 0 bridgehead atoms. The summed E-state index contributed by atoms with van der Waals surface area (Å²) in [5, 5.41) is 13.8. The van der Waals surface area contributed by atoms with Crippen LogP contribution in [0, 0.1) is 0 Å². The number of carbonyl (C=O) groups is 1. The van der Waals surface area contributed by atoms with Gasteiger partial charge in [-0.25, -0.2) is 0 Å². The molecule has 0 rings (SSSR count). The van der Waals surface area contributed by atoms with Gasteiger partial charge in [0, 0.05) is 6.42 Å². The third-order valence-electron chi connectivity index (χ3n) is 13.6. The second-order valence-electron chi connectivity index (χ2n) is 21.7. The average Bonchev–Trinajstić information content (AvgIpc) is 3.31. The van der Waals surface area contributed by atoms with Crippen molar-refractivity contribution in [3.8, 4) is 0 Å². The standard InChI is InChI=1S/C60H117N2O6P/c1-6-8-10-12-14-16-18-20-21-22-23-24-25-26-27-28-29-30-31-32-33-34-35-36-37-38-39-40-42-44-46-48-50-52-54-60(64)61-58(57-68-69(65,66)67-56-55-62(3,4)5)59(63)53-51-49-47-45-43-41-19-17-15-13-11-9-7-2/h15,17,43,45,51,53,58-59,63H,6-14,16,18-42,44,46-50,52,54-57H2,1-5H3,(H-,61,64,65,66)/b17-15+,45-43+,53-51+. The Bertz CT molecular complexity index is 1220. The van der Waals surface area contributed by atoms with Gasteiger partial charge in [0.05, 0.1) is 39.9 Å². The average molecular weight is 994 g/mol. The number of aliphatic hydroxyl groups is 1. The summed E-state index contributed by atoms with van der Waals surface area (Å²) in [4.78, 5) is 25.4. The molecule has 2 N–H and O–H groups in total. The van der Waals surface area contributed by atoms with Crippen LogP contribution in [0.3, 0.4) is 0 Å². The van der Waals surface area contributed by atoms with Gasteiger partial charge in [-0.2, -0.15) is 0 Å². The maximum absolute atomic E-state index is 12.9. The van der Waals surface area contributed by atoms with Crippen LogP contribution in [0.15, 0.2) is 36.5 Å². The van der Waals surface area contributed by atoms with Gasteiger partial charge in [-0.3, -0.25) is 9.36 Å². The Kier molecular flexibility index (Phi) is 50.7. The normalized spacial score (nSPS) is 14.1. The number of allylic oxidation sites excluding steroid dienone is 5. The minimum absolute atomic E-state index is 0.00768. The Morgan fingerprint density at radius 3 is 1.17 bits per heavy atom. The number of phosphoric acid groups is 1. The molecule has 0 heterocycles. The summed E-state index contributed by atoms with van der Waals surface area (Å²) in [7, 11) is 1.24. The van der Waals surface area contributed by atoms with Crippen molar-refractivity contribution in [2.75, 3.05) is 40.9 Å². The lowest BCUT2D eigenvalue weighted by Crippen LogP contribution is -2.45. The summed E-state index contributed by atoms with van der Waals surface area (Å²) in [5.41, 5.74) is 0. The van der Waals surface area contributed by atoms with Gasteiger partial charge < -0.3 is 28.8 Å².